The summed E-state index contributed by atoms with van der Waals surface area (Å²) >= 11 is 5.83. The molecular weight excluding hydrogens is 200 g/mol. The van der Waals surface area contributed by atoms with Gasteiger partial charge in [-0.1, -0.05) is 18.5 Å². The number of rotatable bonds is 3. The monoisotopic (exact) mass is 212 g/mol. The lowest BCUT2D eigenvalue weighted by Gasteiger charge is -2.04. The van der Waals surface area contributed by atoms with E-state index in [2.05, 4.69) is 10.3 Å². The zero-order chi connectivity index (χ0) is 10.6. The number of pyridine rings is 1. The number of aromatic nitrogens is 1. The Morgan fingerprint density at radius 3 is 2.86 bits per heavy atom. The van der Waals surface area contributed by atoms with Crippen LogP contribution in [0.25, 0.3) is 0 Å². The molecule has 0 bridgehead atoms. The van der Waals surface area contributed by atoms with Gasteiger partial charge in [0, 0.05) is 12.2 Å². The second kappa shape index (κ2) is 4.96. The smallest absolute Gasteiger partial charge is 0.254 e. The van der Waals surface area contributed by atoms with Crippen molar-refractivity contribution in [2.75, 3.05) is 6.54 Å². The molecule has 0 fully saturated rings. The third-order valence-corrected chi connectivity index (χ3v) is 2.06. The first-order valence-corrected chi connectivity index (χ1v) is 4.94. The van der Waals surface area contributed by atoms with Crippen LogP contribution < -0.4 is 5.32 Å². The van der Waals surface area contributed by atoms with Crippen molar-refractivity contribution in [3.63, 3.8) is 0 Å². The fourth-order valence-electron chi connectivity index (χ4n) is 1.03. The van der Waals surface area contributed by atoms with E-state index in [-0.39, 0.29) is 11.1 Å². The largest absolute Gasteiger partial charge is 0.352 e. The Bertz CT molecular complexity index is 339. The Hall–Kier alpha value is -1.09. The van der Waals surface area contributed by atoms with E-state index in [1.807, 2.05) is 13.8 Å². The van der Waals surface area contributed by atoms with Gasteiger partial charge in [-0.05, 0) is 25.5 Å². The van der Waals surface area contributed by atoms with E-state index in [0.29, 0.717) is 12.1 Å². The van der Waals surface area contributed by atoms with Gasteiger partial charge in [-0.25, -0.2) is 4.98 Å². The summed E-state index contributed by atoms with van der Waals surface area (Å²) in [5.74, 6) is -0.163. The summed E-state index contributed by atoms with van der Waals surface area (Å²) in [7, 11) is 0. The summed E-state index contributed by atoms with van der Waals surface area (Å²) in [5, 5.41) is 3.01. The molecule has 0 spiro atoms. The van der Waals surface area contributed by atoms with Crippen molar-refractivity contribution in [2.24, 2.45) is 0 Å². The summed E-state index contributed by atoms with van der Waals surface area (Å²) in [4.78, 5) is 15.5. The molecule has 3 nitrogen and oxygen atoms in total. The average Bonchev–Trinajstić information content (AvgIpc) is 2.14. The minimum atomic E-state index is -0.163. The predicted octanol–water partition coefficient (Wildman–Crippen LogP) is 2.18. The molecule has 0 aliphatic carbocycles. The normalized spacial score (nSPS) is 9.93. The van der Waals surface area contributed by atoms with Crippen LogP contribution in [0, 0.1) is 6.92 Å². The molecule has 1 rings (SSSR count). The third-order valence-electron chi connectivity index (χ3n) is 1.77. The van der Waals surface area contributed by atoms with Crippen molar-refractivity contribution in [1.82, 2.24) is 10.3 Å². The van der Waals surface area contributed by atoms with Crippen molar-refractivity contribution in [3.05, 3.63) is 28.5 Å². The second-order valence-electron chi connectivity index (χ2n) is 3.05. The van der Waals surface area contributed by atoms with Gasteiger partial charge in [-0.15, -0.1) is 0 Å². The zero-order valence-corrected chi connectivity index (χ0v) is 9.06. The highest BCUT2D eigenvalue weighted by molar-refractivity contribution is 6.32. The lowest BCUT2D eigenvalue weighted by molar-refractivity contribution is 0.0953. The number of hydrogen-bond acceptors (Lipinski definition) is 2. The van der Waals surface area contributed by atoms with E-state index < -0.39 is 0 Å². The van der Waals surface area contributed by atoms with E-state index >= 15 is 0 Å². The molecule has 1 aromatic heterocycles. The van der Waals surface area contributed by atoms with Gasteiger partial charge in [0.1, 0.15) is 5.15 Å². The quantitative estimate of drug-likeness (QED) is 0.781. The van der Waals surface area contributed by atoms with Gasteiger partial charge in [0.2, 0.25) is 0 Å². The summed E-state index contributed by atoms with van der Waals surface area (Å²) in [6, 6.07) is 3.46. The maximum Gasteiger partial charge on any atom is 0.254 e. The molecule has 0 saturated heterocycles. The highest BCUT2D eigenvalue weighted by atomic mass is 35.5. The van der Waals surface area contributed by atoms with Crippen LogP contribution in [0.1, 0.15) is 29.4 Å². The highest BCUT2D eigenvalue weighted by Gasteiger charge is 2.09. The molecule has 0 aromatic carbocycles. The first-order chi connectivity index (χ1) is 6.65. The summed E-state index contributed by atoms with van der Waals surface area (Å²) in [6.45, 7) is 4.48. The van der Waals surface area contributed by atoms with Crippen LogP contribution in [0.4, 0.5) is 0 Å². The van der Waals surface area contributed by atoms with Crippen LogP contribution in [-0.4, -0.2) is 17.4 Å². The number of carbonyl (C=O) groups is 1. The van der Waals surface area contributed by atoms with Crippen molar-refractivity contribution < 1.29 is 4.79 Å². The number of nitrogens with one attached hydrogen (secondary N) is 1. The van der Waals surface area contributed by atoms with Crippen LogP contribution >= 0.6 is 11.6 Å². The summed E-state index contributed by atoms with van der Waals surface area (Å²) in [6.07, 6.45) is 0.905. The molecule has 1 heterocycles. The number of hydrogen-bond donors (Lipinski definition) is 1. The van der Waals surface area contributed by atoms with Gasteiger partial charge < -0.3 is 5.32 Å². The van der Waals surface area contributed by atoms with Crippen LogP contribution in [0.5, 0.6) is 0 Å². The molecule has 0 unspecified atom stereocenters. The predicted molar refractivity (Wildman–Crippen MR) is 56.6 cm³/mol. The maximum atomic E-state index is 11.5. The van der Waals surface area contributed by atoms with E-state index in [0.717, 1.165) is 12.1 Å². The average molecular weight is 213 g/mol. The molecule has 1 N–H and O–H groups in total. The summed E-state index contributed by atoms with van der Waals surface area (Å²) < 4.78 is 0. The molecule has 0 aliphatic rings. The topological polar surface area (TPSA) is 42.0 Å². The number of halogens is 1. The lowest BCUT2D eigenvalue weighted by Crippen LogP contribution is -2.24. The maximum absolute atomic E-state index is 11.5. The first-order valence-electron chi connectivity index (χ1n) is 4.56. The van der Waals surface area contributed by atoms with Crippen LogP contribution in [-0.2, 0) is 0 Å². The molecule has 0 atom stereocenters. The Labute approximate surface area is 88.5 Å². The second-order valence-corrected chi connectivity index (χ2v) is 3.40. The molecule has 1 amide bonds. The van der Waals surface area contributed by atoms with E-state index in [4.69, 9.17) is 11.6 Å². The molecule has 0 saturated carbocycles. The van der Waals surface area contributed by atoms with Gasteiger partial charge in [0.25, 0.3) is 5.91 Å². The molecule has 0 aliphatic heterocycles. The SMILES string of the molecule is CCCNC(=O)c1ccc(C)nc1Cl. The standard InChI is InChI=1S/C10H13ClN2O/c1-3-6-12-10(14)8-5-4-7(2)13-9(8)11/h4-5H,3,6H2,1-2H3,(H,12,14). The Kier molecular flexibility index (Phi) is 3.89. The van der Waals surface area contributed by atoms with E-state index in [1.54, 1.807) is 12.1 Å². The number of aryl methyl sites for hydroxylation is 1. The van der Waals surface area contributed by atoms with Crippen molar-refractivity contribution in [2.45, 2.75) is 20.3 Å². The zero-order valence-electron chi connectivity index (χ0n) is 8.30. The van der Waals surface area contributed by atoms with Gasteiger partial charge in [-0.2, -0.15) is 0 Å². The van der Waals surface area contributed by atoms with Gasteiger partial charge in [0.15, 0.2) is 0 Å². The van der Waals surface area contributed by atoms with E-state index in [1.165, 1.54) is 0 Å². The Balaban J connectivity index is 2.80. The third kappa shape index (κ3) is 2.70. The van der Waals surface area contributed by atoms with E-state index in [9.17, 15) is 4.79 Å². The molecular formula is C10H13ClN2O. The van der Waals surface area contributed by atoms with Gasteiger partial charge >= 0.3 is 0 Å². The molecule has 4 heteroatoms. The van der Waals surface area contributed by atoms with Gasteiger partial charge in [0.05, 0.1) is 5.56 Å². The fraction of sp³-hybridized carbons (Fsp3) is 0.400. The van der Waals surface area contributed by atoms with Crippen molar-refractivity contribution in [3.8, 4) is 0 Å². The molecule has 14 heavy (non-hydrogen) atoms. The van der Waals surface area contributed by atoms with Crippen LogP contribution in [0.2, 0.25) is 5.15 Å². The number of carbonyl (C=O) groups excluding carboxylic acids is 1. The number of nitrogens with zero attached hydrogens (tertiary/aromatic N) is 1. The lowest BCUT2D eigenvalue weighted by atomic mass is 10.2. The van der Waals surface area contributed by atoms with Crippen molar-refractivity contribution in [1.29, 1.82) is 0 Å². The van der Waals surface area contributed by atoms with Crippen LogP contribution in [0.3, 0.4) is 0 Å². The molecule has 1 aromatic rings. The minimum absolute atomic E-state index is 0.163. The van der Waals surface area contributed by atoms with Crippen LogP contribution in [0.15, 0.2) is 12.1 Å². The minimum Gasteiger partial charge on any atom is -0.352 e. The molecule has 76 valence electrons. The first kappa shape index (κ1) is 11.0. The molecule has 0 radical (unpaired) electrons. The number of amides is 1. The fourth-order valence-corrected chi connectivity index (χ4v) is 1.31. The summed E-state index contributed by atoms with van der Waals surface area (Å²) in [5.41, 5.74) is 1.24. The van der Waals surface area contributed by atoms with Crippen molar-refractivity contribution >= 4 is 17.5 Å². The highest BCUT2D eigenvalue weighted by Crippen LogP contribution is 2.13. The Morgan fingerprint density at radius 1 is 1.57 bits per heavy atom. The van der Waals surface area contributed by atoms with Gasteiger partial charge in [-0.3, -0.25) is 4.79 Å². The Morgan fingerprint density at radius 2 is 2.29 bits per heavy atom.